The minimum absolute atomic E-state index is 0.0207. The van der Waals surface area contributed by atoms with Gasteiger partial charge in [0.2, 0.25) is 5.91 Å². The fraction of sp³-hybridized carbons (Fsp3) is 0.419. The molecule has 3 aromatic rings. The molecule has 2 atom stereocenters. The standard InChI is InChI=1S/C31H36Cl2FN5O2/c1-20(40)36-16-21-4-7-38(8-5-21)18-22-10-23(24-12-25(32)15-26(33)13-24)14-28(11-22)41-27-2-3-31(37-17-27)39-9-6-30(35)29(34)19-39/h2-3,10-15,17,21,29-30H,4-9,16,18-19,35H2,1H3,(H,36,40)/t29-,30+/m1/s1. The fourth-order valence-electron chi connectivity index (χ4n) is 5.48. The van der Waals surface area contributed by atoms with E-state index in [0.29, 0.717) is 46.2 Å². The first-order valence-corrected chi connectivity index (χ1v) is 14.8. The highest BCUT2D eigenvalue weighted by Gasteiger charge is 2.27. The molecule has 2 fully saturated rings. The SMILES string of the molecule is CC(=O)NCC1CCN(Cc2cc(Oc3ccc(N4CC[C@H](N)[C@H](F)C4)nc3)cc(-c3cc(Cl)cc(Cl)c3)c2)CC1. The molecule has 5 rings (SSSR count). The molecular weight excluding hydrogens is 564 g/mol. The second kappa shape index (κ2) is 13.4. The second-order valence-electron chi connectivity index (χ2n) is 11.0. The summed E-state index contributed by atoms with van der Waals surface area (Å²) in [6.45, 7) is 5.90. The Morgan fingerprint density at radius 2 is 1.76 bits per heavy atom. The van der Waals surface area contributed by atoms with E-state index in [0.717, 1.165) is 55.7 Å². The molecule has 218 valence electrons. The maximum atomic E-state index is 14.1. The van der Waals surface area contributed by atoms with Gasteiger partial charge in [-0.15, -0.1) is 0 Å². The summed E-state index contributed by atoms with van der Waals surface area (Å²) < 4.78 is 20.4. The third-order valence-electron chi connectivity index (χ3n) is 7.79. The minimum atomic E-state index is -1.06. The Morgan fingerprint density at radius 1 is 1.02 bits per heavy atom. The summed E-state index contributed by atoms with van der Waals surface area (Å²) in [5.41, 5.74) is 8.79. The van der Waals surface area contributed by atoms with Crippen molar-refractivity contribution >= 4 is 34.9 Å². The first-order chi connectivity index (χ1) is 19.7. The molecular formula is C31H36Cl2FN5O2. The number of hydrogen-bond donors (Lipinski definition) is 2. The topological polar surface area (TPSA) is 83.7 Å². The number of ether oxygens (including phenoxy) is 1. The zero-order valence-electron chi connectivity index (χ0n) is 23.2. The van der Waals surface area contributed by atoms with Crippen LogP contribution in [0.15, 0.2) is 54.7 Å². The Bertz CT molecular complexity index is 1330. The van der Waals surface area contributed by atoms with Gasteiger partial charge in [-0.25, -0.2) is 9.37 Å². The number of benzene rings is 2. The lowest BCUT2D eigenvalue weighted by Gasteiger charge is -2.33. The van der Waals surface area contributed by atoms with E-state index in [-0.39, 0.29) is 12.5 Å². The van der Waals surface area contributed by atoms with Gasteiger partial charge in [0, 0.05) is 42.6 Å². The van der Waals surface area contributed by atoms with Crippen LogP contribution in [-0.4, -0.2) is 60.7 Å². The number of carbonyl (C=O) groups excluding carboxylic acids is 1. The number of likely N-dealkylation sites (tertiary alicyclic amines) is 1. The number of hydrogen-bond acceptors (Lipinski definition) is 6. The molecule has 41 heavy (non-hydrogen) atoms. The normalized spacial score (nSPS) is 20.2. The number of nitrogens with two attached hydrogens (primary N) is 1. The van der Waals surface area contributed by atoms with E-state index in [1.807, 2.05) is 41.3 Å². The Kier molecular flexibility index (Phi) is 9.65. The quantitative estimate of drug-likeness (QED) is 0.327. The fourth-order valence-corrected chi connectivity index (χ4v) is 6.01. The Morgan fingerprint density at radius 3 is 2.41 bits per heavy atom. The zero-order valence-corrected chi connectivity index (χ0v) is 24.7. The molecule has 2 aliphatic rings. The number of amides is 1. The Labute approximate surface area is 250 Å². The van der Waals surface area contributed by atoms with Crippen LogP contribution in [0.25, 0.3) is 11.1 Å². The maximum absolute atomic E-state index is 14.1. The van der Waals surface area contributed by atoms with E-state index < -0.39 is 12.2 Å². The summed E-state index contributed by atoms with van der Waals surface area (Å²) in [4.78, 5) is 20.2. The average Bonchev–Trinajstić information content (AvgIpc) is 2.94. The van der Waals surface area contributed by atoms with Crippen LogP contribution in [0.1, 0.15) is 31.7 Å². The van der Waals surface area contributed by atoms with Gasteiger partial charge in [0.15, 0.2) is 0 Å². The summed E-state index contributed by atoms with van der Waals surface area (Å²) in [6.07, 6.45) is 3.27. The number of nitrogens with one attached hydrogen (secondary N) is 1. The number of nitrogens with zero attached hydrogens (tertiary/aromatic N) is 3. The lowest BCUT2D eigenvalue weighted by molar-refractivity contribution is -0.119. The minimum Gasteiger partial charge on any atom is -0.456 e. The highest BCUT2D eigenvalue weighted by molar-refractivity contribution is 6.35. The number of carbonyl (C=O) groups is 1. The largest absolute Gasteiger partial charge is 0.456 e. The number of halogens is 3. The van der Waals surface area contributed by atoms with Gasteiger partial charge >= 0.3 is 0 Å². The molecule has 0 unspecified atom stereocenters. The Balaban J connectivity index is 1.33. The van der Waals surface area contributed by atoms with Crippen molar-refractivity contribution in [3.8, 4) is 22.6 Å². The van der Waals surface area contributed by atoms with Crippen LogP contribution in [-0.2, 0) is 11.3 Å². The van der Waals surface area contributed by atoms with E-state index in [1.165, 1.54) is 0 Å². The van der Waals surface area contributed by atoms with Gasteiger partial charge in [-0.05, 0) is 103 Å². The van der Waals surface area contributed by atoms with Crippen LogP contribution in [0.3, 0.4) is 0 Å². The number of aromatic nitrogens is 1. The molecule has 1 aromatic heterocycles. The molecule has 7 nitrogen and oxygen atoms in total. The molecule has 0 radical (unpaired) electrons. The first kappa shape index (κ1) is 29.6. The smallest absolute Gasteiger partial charge is 0.216 e. The van der Waals surface area contributed by atoms with Crippen molar-refractivity contribution in [2.24, 2.45) is 11.7 Å². The van der Waals surface area contributed by atoms with E-state index in [4.69, 9.17) is 33.7 Å². The van der Waals surface area contributed by atoms with Gasteiger partial charge in [-0.3, -0.25) is 9.69 Å². The molecule has 0 bridgehead atoms. The van der Waals surface area contributed by atoms with Gasteiger partial charge in [0.05, 0.1) is 12.7 Å². The van der Waals surface area contributed by atoms with Crippen molar-refractivity contribution < 1.29 is 13.9 Å². The third-order valence-corrected chi connectivity index (χ3v) is 8.22. The molecule has 2 aromatic carbocycles. The lowest BCUT2D eigenvalue weighted by Crippen LogP contribution is -2.48. The molecule has 3 N–H and O–H groups in total. The first-order valence-electron chi connectivity index (χ1n) is 14.1. The third kappa shape index (κ3) is 8.10. The molecule has 0 spiro atoms. The Hall–Kier alpha value is -2.91. The number of anilines is 1. The average molecular weight is 601 g/mol. The van der Waals surface area contributed by atoms with Crippen LogP contribution in [0.5, 0.6) is 11.5 Å². The highest BCUT2D eigenvalue weighted by Crippen LogP contribution is 2.33. The van der Waals surface area contributed by atoms with Crippen LogP contribution in [0, 0.1) is 5.92 Å². The van der Waals surface area contributed by atoms with E-state index in [1.54, 1.807) is 19.2 Å². The second-order valence-corrected chi connectivity index (χ2v) is 11.9. The van der Waals surface area contributed by atoms with Crippen LogP contribution >= 0.6 is 23.2 Å². The zero-order chi connectivity index (χ0) is 28.9. The number of pyridine rings is 1. The molecule has 0 aliphatic carbocycles. The monoisotopic (exact) mass is 599 g/mol. The van der Waals surface area contributed by atoms with Crippen molar-refractivity contribution in [2.45, 2.75) is 44.9 Å². The van der Waals surface area contributed by atoms with Crippen molar-refractivity contribution in [1.29, 1.82) is 0 Å². The number of alkyl halides is 1. The predicted molar refractivity (Wildman–Crippen MR) is 163 cm³/mol. The van der Waals surface area contributed by atoms with Crippen LogP contribution in [0.4, 0.5) is 10.2 Å². The number of piperidine rings is 2. The van der Waals surface area contributed by atoms with E-state index >= 15 is 0 Å². The van der Waals surface area contributed by atoms with Crippen LogP contribution in [0.2, 0.25) is 10.0 Å². The highest BCUT2D eigenvalue weighted by atomic mass is 35.5. The van der Waals surface area contributed by atoms with Crippen molar-refractivity contribution in [1.82, 2.24) is 15.2 Å². The van der Waals surface area contributed by atoms with Gasteiger partial charge < -0.3 is 20.7 Å². The van der Waals surface area contributed by atoms with E-state index in [2.05, 4.69) is 21.3 Å². The number of rotatable bonds is 8. The summed E-state index contributed by atoms with van der Waals surface area (Å²) in [7, 11) is 0. The summed E-state index contributed by atoms with van der Waals surface area (Å²) in [5.74, 6) is 2.49. The summed E-state index contributed by atoms with van der Waals surface area (Å²) in [6, 6.07) is 15.0. The van der Waals surface area contributed by atoms with Crippen molar-refractivity contribution in [3.63, 3.8) is 0 Å². The summed E-state index contributed by atoms with van der Waals surface area (Å²) in [5, 5.41) is 4.08. The van der Waals surface area contributed by atoms with Crippen LogP contribution < -0.4 is 20.7 Å². The molecule has 1 amide bonds. The maximum Gasteiger partial charge on any atom is 0.216 e. The van der Waals surface area contributed by atoms with Gasteiger partial charge in [-0.2, -0.15) is 0 Å². The molecule has 3 heterocycles. The molecule has 2 saturated heterocycles. The predicted octanol–water partition coefficient (Wildman–Crippen LogP) is 6.07. The van der Waals surface area contributed by atoms with Gasteiger partial charge in [0.25, 0.3) is 0 Å². The van der Waals surface area contributed by atoms with Gasteiger partial charge in [-0.1, -0.05) is 23.2 Å². The lowest BCUT2D eigenvalue weighted by atomic mass is 9.96. The molecule has 2 aliphatic heterocycles. The van der Waals surface area contributed by atoms with Crippen molar-refractivity contribution in [2.75, 3.05) is 37.6 Å². The molecule has 10 heteroatoms. The molecule has 0 saturated carbocycles. The van der Waals surface area contributed by atoms with E-state index in [9.17, 15) is 9.18 Å². The van der Waals surface area contributed by atoms with Crippen molar-refractivity contribution in [3.05, 3.63) is 70.3 Å². The van der Waals surface area contributed by atoms with Gasteiger partial charge in [0.1, 0.15) is 23.5 Å². The summed E-state index contributed by atoms with van der Waals surface area (Å²) >= 11 is 12.7.